The van der Waals surface area contributed by atoms with Crippen LogP contribution in [-0.2, 0) is 0 Å². The number of benzene rings is 2. The van der Waals surface area contributed by atoms with E-state index in [4.69, 9.17) is 4.74 Å². The van der Waals surface area contributed by atoms with Gasteiger partial charge >= 0.3 is 5.97 Å². The first-order valence-corrected chi connectivity index (χ1v) is 5.71. The maximum atomic E-state index is 13.9. The van der Waals surface area contributed by atoms with Crippen molar-refractivity contribution in [2.75, 3.05) is 7.11 Å². The quantitative estimate of drug-likeness (QED) is 0.918. The second-order valence-electron chi connectivity index (χ2n) is 4.20. The first-order chi connectivity index (χ1) is 9.02. The second-order valence-corrected chi connectivity index (χ2v) is 4.20. The minimum absolute atomic E-state index is 0.0761. The van der Waals surface area contributed by atoms with Crippen molar-refractivity contribution in [3.63, 3.8) is 0 Å². The van der Waals surface area contributed by atoms with Crippen LogP contribution in [0.4, 0.5) is 4.39 Å². The predicted octanol–water partition coefficient (Wildman–Crippen LogP) is 3.51. The van der Waals surface area contributed by atoms with Crippen LogP contribution in [0.3, 0.4) is 0 Å². The Balaban J connectivity index is 2.67. The van der Waals surface area contributed by atoms with E-state index in [2.05, 4.69) is 0 Å². The van der Waals surface area contributed by atoms with Crippen LogP contribution >= 0.6 is 0 Å². The molecule has 2 aromatic rings. The number of aromatic carboxylic acids is 1. The molecule has 0 aromatic heterocycles. The molecule has 0 aliphatic heterocycles. The zero-order valence-corrected chi connectivity index (χ0v) is 10.6. The fourth-order valence-electron chi connectivity index (χ4n) is 1.91. The third kappa shape index (κ3) is 2.57. The fourth-order valence-corrected chi connectivity index (χ4v) is 1.91. The van der Waals surface area contributed by atoms with Crippen molar-refractivity contribution in [3.8, 4) is 16.9 Å². The average molecular weight is 260 g/mol. The number of halogens is 1. The Labute approximate surface area is 110 Å². The molecule has 4 heteroatoms. The number of ether oxygens (including phenoxy) is 1. The van der Waals surface area contributed by atoms with E-state index in [0.717, 1.165) is 5.56 Å². The van der Waals surface area contributed by atoms with Gasteiger partial charge in [0.15, 0.2) is 0 Å². The minimum Gasteiger partial charge on any atom is -0.497 e. The summed E-state index contributed by atoms with van der Waals surface area (Å²) in [6.45, 7) is 1.79. The van der Waals surface area contributed by atoms with Gasteiger partial charge in [-0.3, -0.25) is 0 Å². The minimum atomic E-state index is -1.08. The number of carbonyl (C=O) groups is 1. The van der Waals surface area contributed by atoms with Gasteiger partial charge in [0.05, 0.1) is 12.7 Å². The first kappa shape index (κ1) is 13.1. The van der Waals surface area contributed by atoms with Gasteiger partial charge in [-0.25, -0.2) is 9.18 Å². The Morgan fingerprint density at radius 2 is 1.89 bits per heavy atom. The van der Waals surface area contributed by atoms with Crippen molar-refractivity contribution in [2.45, 2.75) is 6.92 Å². The summed E-state index contributed by atoms with van der Waals surface area (Å²) in [6, 6.07) is 9.13. The molecule has 0 bridgehead atoms. The largest absolute Gasteiger partial charge is 0.497 e. The topological polar surface area (TPSA) is 46.5 Å². The van der Waals surface area contributed by atoms with Crippen LogP contribution in [0.2, 0.25) is 0 Å². The molecular weight excluding hydrogens is 247 g/mol. The number of rotatable bonds is 3. The van der Waals surface area contributed by atoms with Crippen molar-refractivity contribution in [1.82, 2.24) is 0 Å². The molecule has 0 spiro atoms. The van der Waals surface area contributed by atoms with E-state index in [9.17, 15) is 14.3 Å². The lowest BCUT2D eigenvalue weighted by Gasteiger charge is -2.10. The third-order valence-electron chi connectivity index (χ3n) is 2.87. The van der Waals surface area contributed by atoms with Crippen LogP contribution in [0.25, 0.3) is 11.1 Å². The Hall–Kier alpha value is -2.36. The molecule has 2 rings (SSSR count). The first-order valence-electron chi connectivity index (χ1n) is 5.71. The Kier molecular flexibility index (Phi) is 3.51. The number of hydrogen-bond donors (Lipinski definition) is 1. The molecule has 0 saturated heterocycles. The number of carboxylic acids is 1. The maximum absolute atomic E-state index is 13.9. The van der Waals surface area contributed by atoms with Gasteiger partial charge in [0.1, 0.15) is 11.6 Å². The van der Waals surface area contributed by atoms with E-state index >= 15 is 0 Å². The highest BCUT2D eigenvalue weighted by atomic mass is 19.1. The van der Waals surface area contributed by atoms with E-state index in [1.807, 2.05) is 0 Å². The number of hydrogen-bond acceptors (Lipinski definition) is 2. The van der Waals surface area contributed by atoms with Gasteiger partial charge in [-0.05, 0) is 36.8 Å². The lowest BCUT2D eigenvalue weighted by atomic mass is 9.97. The summed E-state index contributed by atoms with van der Waals surface area (Å²) in [5, 5.41) is 9.22. The highest BCUT2D eigenvalue weighted by molar-refractivity contribution is 5.96. The normalized spacial score (nSPS) is 10.3. The molecule has 0 atom stereocenters. The van der Waals surface area contributed by atoms with Gasteiger partial charge < -0.3 is 9.84 Å². The monoisotopic (exact) mass is 260 g/mol. The third-order valence-corrected chi connectivity index (χ3v) is 2.87. The van der Waals surface area contributed by atoms with Gasteiger partial charge in [-0.2, -0.15) is 0 Å². The Morgan fingerprint density at radius 1 is 1.16 bits per heavy atom. The molecule has 98 valence electrons. The summed E-state index contributed by atoms with van der Waals surface area (Å²) in [5.74, 6) is -1.08. The lowest BCUT2D eigenvalue weighted by molar-refractivity contribution is 0.0697. The Bertz CT molecular complexity index is 635. The zero-order valence-electron chi connectivity index (χ0n) is 10.6. The van der Waals surface area contributed by atoms with Crippen LogP contribution in [-0.4, -0.2) is 18.2 Å². The van der Waals surface area contributed by atoms with E-state index in [1.54, 1.807) is 19.1 Å². The van der Waals surface area contributed by atoms with Crippen LogP contribution in [0.1, 0.15) is 15.9 Å². The van der Waals surface area contributed by atoms with Crippen molar-refractivity contribution < 1.29 is 19.0 Å². The highest BCUT2D eigenvalue weighted by Gasteiger charge is 2.15. The molecule has 0 fully saturated rings. The fraction of sp³-hybridized carbons (Fsp3) is 0.133. The molecule has 0 unspecified atom stereocenters. The second kappa shape index (κ2) is 5.10. The van der Waals surface area contributed by atoms with Crippen LogP contribution in [0.5, 0.6) is 5.75 Å². The molecule has 0 amide bonds. The van der Waals surface area contributed by atoms with E-state index in [-0.39, 0.29) is 11.1 Å². The summed E-state index contributed by atoms with van der Waals surface area (Å²) in [4.78, 5) is 11.3. The summed E-state index contributed by atoms with van der Waals surface area (Å²) in [6.07, 6.45) is 0. The van der Waals surface area contributed by atoms with Gasteiger partial charge in [-0.15, -0.1) is 0 Å². The summed E-state index contributed by atoms with van der Waals surface area (Å²) >= 11 is 0. The zero-order chi connectivity index (χ0) is 14.0. The smallest absolute Gasteiger partial charge is 0.336 e. The average Bonchev–Trinajstić information content (AvgIpc) is 2.39. The standard InChI is InChI=1S/C15H13FO3/c1-9-3-5-11(13(7-9)15(17)18)12-8-10(19-2)4-6-14(12)16/h3-8H,1-2H3,(H,17,18). The molecule has 1 N–H and O–H groups in total. The van der Waals surface area contributed by atoms with Gasteiger partial charge in [0.2, 0.25) is 0 Å². The molecular formula is C15H13FO3. The van der Waals surface area contributed by atoms with Gasteiger partial charge in [0.25, 0.3) is 0 Å². The molecule has 0 saturated carbocycles. The molecule has 2 aromatic carbocycles. The van der Waals surface area contributed by atoms with Crippen molar-refractivity contribution >= 4 is 5.97 Å². The van der Waals surface area contributed by atoms with Crippen LogP contribution in [0.15, 0.2) is 36.4 Å². The Morgan fingerprint density at radius 3 is 2.53 bits per heavy atom. The van der Waals surface area contributed by atoms with E-state index in [1.165, 1.54) is 31.4 Å². The summed E-state index contributed by atoms with van der Waals surface area (Å²) in [5.41, 5.74) is 1.45. The van der Waals surface area contributed by atoms with Crippen molar-refractivity contribution in [2.24, 2.45) is 0 Å². The highest BCUT2D eigenvalue weighted by Crippen LogP contribution is 2.30. The summed E-state index contributed by atoms with van der Waals surface area (Å²) < 4.78 is 18.9. The maximum Gasteiger partial charge on any atom is 0.336 e. The molecule has 3 nitrogen and oxygen atoms in total. The van der Waals surface area contributed by atoms with Crippen molar-refractivity contribution in [1.29, 1.82) is 0 Å². The van der Waals surface area contributed by atoms with Gasteiger partial charge in [-0.1, -0.05) is 17.7 Å². The van der Waals surface area contributed by atoms with E-state index < -0.39 is 11.8 Å². The number of methoxy groups -OCH3 is 1. The number of carboxylic acid groups (broad SMARTS) is 1. The number of aryl methyl sites for hydroxylation is 1. The predicted molar refractivity (Wildman–Crippen MR) is 70.1 cm³/mol. The van der Waals surface area contributed by atoms with E-state index in [0.29, 0.717) is 11.3 Å². The van der Waals surface area contributed by atoms with Gasteiger partial charge in [0, 0.05) is 5.56 Å². The molecule has 0 radical (unpaired) electrons. The molecule has 0 aliphatic rings. The molecule has 19 heavy (non-hydrogen) atoms. The van der Waals surface area contributed by atoms with Crippen LogP contribution < -0.4 is 4.74 Å². The SMILES string of the molecule is COc1ccc(F)c(-c2ccc(C)cc2C(=O)O)c1. The molecule has 0 aliphatic carbocycles. The molecule has 0 heterocycles. The lowest BCUT2D eigenvalue weighted by Crippen LogP contribution is -2.01. The van der Waals surface area contributed by atoms with Crippen LogP contribution in [0, 0.1) is 12.7 Å². The van der Waals surface area contributed by atoms with Crippen molar-refractivity contribution in [3.05, 3.63) is 53.3 Å². The summed E-state index contributed by atoms with van der Waals surface area (Å²) in [7, 11) is 1.48.